The summed E-state index contributed by atoms with van der Waals surface area (Å²) < 4.78 is 0. The van der Waals surface area contributed by atoms with Crippen LogP contribution in [-0.4, -0.2) is 0 Å². The molecule has 7 nitrogen and oxygen atoms in total. The van der Waals surface area contributed by atoms with Crippen LogP contribution in [0.3, 0.4) is 0 Å². The fraction of sp³-hybridized carbons (Fsp3) is 0. The van der Waals surface area contributed by atoms with E-state index in [2.05, 4.69) is 0 Å². The van der Waals surface area contributed by atoms with Gasteiger partial charge >= 0.3 is 110 Å². The van der Waals surface area contributed by atoms with Crippen LogP contribution >= 0.6 is 0 Å². The Hall–Kier alpha value is 3.36. The van der Waals surface area contributed by atoms with Gasteiger partial charge in [-0.05, 0) is 0 Å². The van der Waals surface area contributed by atoms with Crippen molar-refractivity contribution < 1.29 is 148 Å². The first-order valence-corrected chi connectivity index (χ1v) is 0. The van der Waals surface area contributed by atoms with Crippen molar-refractivity contribution in [1.29, 1.82) is 0 Å². The summed E-state index contributed by atoms with van der Waals surface area (Å²) in [5, 5.41) is 0. The maximum Gasteiger partial charge on any atom is 4.00 e. The Bertz CT molecular complexity index is 14.4. The number of rotatable bonds is 0. The van der Waals surface area contributed by atoms with Crippen molar-refractivity contribution in [3.8, 4) is 0 Å². The second-order valence-electron chi connectivity index (χ2n) is 0. The van der Waals surface area contributed by atoms with Gasteiger partial charge in [0.05, 0.1) is 0 Å². The topological polar surface area (TPSA) is 200 Å². The quantitative estimate of drug-likeness (QED) is 0.317. The fourth-order valence-electron chi connectivity index (χ4n) is 0. The van der Waals surface area contributed by atoms with Gasteiger partial charge in [-0.15, -0.1) is 0 Å². The standard InChI is InChI=1S/2La.7O.2Ru/q2*+3;7*-2;2*+4. The molecule has 0 spiro atoms. The molecule has 64 valence electrons. The first-order valence-electron chi connectivity index (χ1n) is 0. The average Bonchev–Trinajstić information content (AvgIpc) is 0. The van der Waals surface area contributed by atoms with Crippen LogP contribution in [0.5, 0.6) is 0 Å². The zero-order valence-corrected chi connectivity index (χ0v) is 15.4. The Labute approximate surface area is 146 Å². The van der Waals surface area contributed by atoms with Gasteiger partial charge in [-0.1, -0.05) is 0 Å². The molecule has 0 amide bonds. The molecular formula is La2O7Ru2. The average molecular weight is 592 g/mol. The van der Waals surface area contributed by atoms with E-state index in [0.717, 1.165) is 0 Å². The molecule has 11 heavy (non-hydrogen) atoms. The van der Waals surface area contributed by atoms with Crippen molar-refractivity contribution in [2.24, 2.45) is 0 Å². The normalized spacial score (nSPS) is 0. The molecule has 0 unspecified atom stereocenters. The third-order valence-electron chi connectivity index (χ3n) is 0. The van der Waals surface area contributed by atoms with E-state index in [1.807, 2.05) is 0 Å². The van der Waals surface area contributed by atoms with Crippen molar-refractivity contribution in [3.63, 3.8) is 0 Å². The van der Waals surface area contributed by atoms with Gasteiger partial charge in [0, 0.05) is 0 Å². The number of hydrogen-bond donors (Lipinski definition) is 0. The van der Waals surface area contributed by atoms with E-state index in [-0.39, 0.29) is 148 Å². The second kappa shape index (κ2) is 181. The molecule has 0 N–H and O–H groups in total. The molecule has 0 bridgehead atoms. The Morgan fingerprint density at radius 2 is 0.273 bits per heavy atom. The minimum absolute atomic E-state index is 0. The van der Waals surface area contributed by atoms with Crippen LogP contribution in [0, 0.1) is 71.2 Å². The Morgan fingerprint density at radius 1 is 0.273 bits per heavy atom. The minimum Gasteiger partial charge on any atom is -2.00 e. The van der Waals surface area contributed by atoms with E-state index >= 15 is 0 Å². The van der Waals surface area contributed by atoms with Gasteiger partial charge in [0.1, 0.15) is 0 Å². The molecule has 0 radical (unpaired) electrons. The SMILES string of the molecule is [La+3].[La+3].[O-2].[O-2].[O-2].[O-2].[O-2].[O-2].[O-2].[Ru+4].[Ru+4]. The second-order valence-corrected chi connectivity index (χ2v) is 0. The smallest absolute Gasteiger partial charge is 2.00 e. The van der Waals surface area contributed by atoms with E-state index in [0.29, 0.717) is 0 Å². The van der Waals surface area contributed by atoms with Gasteiger partial charge in [0.2, 0.25) is 0 Å². The number of hydrogen-bond acceptors (Lipinski definition) is 0. The van der Waals surface area contributed by atoms with E-state index in [1.165, 1.54) is 0 Å². The minimum atomic E-state index is 0. The van der Waals surface area contributed by atoms with Crippen LogP contribution in [0.25, 0.3) is 0 Å². The van der Waals surface area contributed by atoms with Crippen LogP contribution in [0.2, 0.25) is 0 Å². The summed E-state index contributed by atoms with van der Waals surface area (Å²) in [4.78, 5) is 0. The third kappa shape index (κ3) is 153. The van der Waals surface area contributed by atoms with Crippen LogP contribution in [0.4, 0.5) is 0 Å². The summed E-state index contributed by atoms with van der Waals surface area (Å²) in [7, 11) is 0. The predicted octanol–water partition coefficient (Wildman–Crippen LogP) is -0.837. The van der Waals surface area contributed by atoms with Crippen LogP contribution in [0.15, 0.2) is 0 Å². The summed E-state index contributed by atoms with van der Waals surface area (Å²) >= 11 is 0. The summed E-state index contributed by atoms with van der Waals surface area (Å²) in [6, 6.07) is 0. The molecule has 0 aromatic rings. The molecule has 0 heterocycles. The summed E-state index contributed by atoms with van der Waals surface area (Å²) in [5.74, 6) is 0. The first-order chi connectivity index (χ1) is 0. The van der Waals surface area contributed by atoms with Crippen LogP contribution in [0.1, 0.15) is 0 Å². The fourth-order valence-corrected chi connectivity index (χ4v) is 0. The molecule has 11 heteroatoms. The molecule has 0 saturated carbocycles. The van der Waals surface area contributed by atoms with Gasteiger partial charge in [0.25, 0.3) is 0 Å². The Balaban J connectivity index is 0. The van der Waals surface area contributed by atoms with Crippen molar-refractivity contribution in [3.05, 3.63) is 0 Å². The van der Waals surface area contributed by atoms with Gasteiger partial charge in [-0.25, -0.2) is 0 Å². The molecule has 0 aromatic carbocycles. The molecule has 0 aliphatic carbocycles. The van der Waals surface area contributed by atoms with E-state index in [9.17, 15) is 0 Å². The summed E-state index contributed by atoms with van der Waals surface area (Å²) in [6.45, 7) is 0. The van der Waals surface area contributed by atoms with E-state index in [4.69, 9.17) is 0 Å². The summed E-state index contributed by atoms with van der Waals surface area (Å²) in [6.07, 6.45) is 0. The summed E-state index contributed by atoms with van der Waals surface area (Å²) in [5.41, 5.74) is 0. The first kappa shape index (κ1) is 227. The van der Waals surface area contributed by atoms with Gasteiger partial charge < -0.3 is 38.3 Å². The molecule has 0 aliphatic heterocycles. The van der Waals surface area contributed by atoms with Crippen LogP contribution in [-0.2, 0) is 77.3 Å². The third-order valence-corrected chi connectivity index (χ3v) is 0. The van der Waals surface area contributed by atoms with Crippen molar-refractivity contribution >= 4 is 0 Å². The van der Waals surface area contributed by atoms with Crippen molar-refractivity contribution in [2.75, 3.05) is 0 Å². The molecule has 0 aliphatic rings. The Kier molecular flexibility index (Phi) is 3740. The van der Waals surface area contributed by atoms with Crippen molar-refractivity contribution in [2.45, 2.75) is 0 Å². The molecule has 0 atom stereocenters. The monoisotopic (exact) mass is 594 g/mol. The van der Waals surface area contributed by atoms with Crippen LogP contribution < -0.4 is 0 Å². The van der Waals surface area contributed by atoms with Gasteiger partial charge in [-0.3, -0.25) is 0 Å². The molecule has 0 aromatic heterocycles. The predicted molar refractivity (Wildman–Crippen MR) is 4.81 cm³/mol. The molecule has 0 rings (SSSR count). The zero-order valence-electron chi connectivity index (χ0n) is 4.72. The molecular weight excluding hydrogens is 592 g/mol. The van der Waals surface area contributed by atoms with E-state index < -0.39 is 0 Å². The maximum atomic E-state index is 0. The van der Waals surface area contributed by atoms with E-state index in [1.54, 1.807) is 0 Å². The Morgan fingerprint density at radius 3 is 0.273 bits per heavy atom. The molecule has 0 saturated heterocycles. The largest absolute Gasteiger partial charge is 4.00 e. The maximum absolute atomic E-state index is 0. The van der Waals surface area contributed by atoms with Gasteiger partial charge in [-0.2, -0.15) is 0 Å². The van der Waals surface area contributed by atoms with Crippen molar-refractivity contribution in [1.82, 2.24) is 0 Å². The zero-order chi connectivity index (χ0) is 0. The molecule has 0 fully saturated rings. The van der Waals surface area contributed by atoms with Gasteiger partial charge in [0.15, 0.2) is 0 Å².